The second kappa shape index (κ2) is 8.09. The van der Waals surface area contributed by atoms with Gasteiger partial charge in [-0.2, -0.15) is 13.8 Å². The molecule has 0 saturated heterocycles. The molecule has 0 spiro atoms. The molecule has 0 aliphatic carbocycles. The van der Waals surface area contributed by atoms with E-state index < -0.39 is 0 Å². The molecule has 7 nitrogen and oxygen atoms in total. The Kier molecular flexibility index (Phi) is 5.62. The summed E-state index contributed by atoms with van der Waals surface area (Å²) in [5.41, 5.74) is 4.38. The van der Waals surface area contributed by atoms with Crippen molar-refractivity contribution in [1.29, 1.82) is 0 Å². The van der Waals surface area contributed by atoms with Crippen LogP contribution in [0.5, 0.6) is 5.75 Å². The van der Waals surface area contributed by atoms with Crippen LogP contribution in [0.1, 0.15) is 33.1 Å². The molecule has 1 amide bonds. The number of amides is 1. The molecule has 0 bridgehead atoms. The highest BCUT2D eigenvalue weighted by molar-refractivity contribution is 6.99. The molecule has 1 N–H and O–H groups in total. The Morgan fingerprint density at radius 1 is 1.19 bits per heavy atom. The first-order chi connectivity index (χ1) is 12.5. The number of aromatic nitrogens is 4. The van der Waals surface area contributed by atoms with Crippen molar-refractivity contribution in [3.05, 3.63) is 58.7 Å². The topological polar surface area (TPSA) is 81.9 Å². The van der Waals surface area contributed by atoms with Crippen molar-refractivity contribution >= 4 is 17.6 Å². The lowest BCUT2D eigenvalue weighted by Crippen LogP contribution is -2.27. The molecule has 8 heteroatoms. The Hall–Kier alpha value is -2.74. The fourth-order valence-corrected chi connectivity index (χ4v) is 3.07. The molecule has 3 rings (SSSR count). The second-order valence-electron chi connectivity index (χ2n) is 6.02. The molecule has 0 unspecified atom stereocenters. The largest absolute Gasteiger partial charge is 0.487 e. The van der Waals surface area contributed by atoms with Gasteiger partial charge in [-0.3, -0.25) is 9.48 Å². The maximum Gasteiger partial charge on any atom is 0.251 e. The number of ether oxygens (including phenoxy) is 1. The summed E-state index contributed by atoms with van der Waals surface area (Å²) in [6, 6.07) is 9.08. The van der Waals surface area contributed by atoms with Gasteiger partial charge in [-0.25, -0.2) is 0 Å². The van der Waals surface area contributed by atoms with Gasteiger partial charge in [0.25, 0.3) is 5.91 Å². The average Bonchev–Trinajstić information content (AvgIpc) is 3.18. The number of benzene rings is 1. The Morgan fingerprint density at radius 3 is 2.58 bits per heavy atom. The smallest absolute Gasteiger partial charge is 0.251 e. The van der Waals surface area contributed by atoms with E-state index >= 15 is 0 Å². The van der Waals surface area contributed by atoms with E-state index in [-0.39, 0.29) is 5.91 Å². The summed E-state index contributed by atoms with van der Waals surface area (Å²) in [4.78, 5) is 12.2. The van der Waals surface area contributed by atoms with Gasteiger partial charge in [0.1, 0.15) is 18.1 Å². The summed E-state index contributed by atoms with van der Waals surface area (Å²) in [5, 5.41) is 7.29. The van der Waals surface area contributed by atoms with Crippen molar-refractivity contribution in [2.24, 2.45) is 0 Å². The predicted octanol–water partition coefficient (Wildman–Crippen LogP) is 2.67. The maximum atomic E-state index is 12.2. The highest BCUT2D eigenvalue weighted by atomic mass is 32.1. The molecule has 0 aliphatic heterocycles. The van der Waals surface area contributed by atoms with Gasteiger partial charge in [0, 0.05) is 17.8 Å². The number of nitrogens with one attached hydrogen (secondary N) is 1. The lowest BCUT2D eigenvalue weighted by molar-refractivity contribution is 0.0952. The van der Waals surface area contributed by atoms with Crippen LogP contribution in [0.2, 0.25) is 0 Å². The first-order valence-electron chi connectivity index (χ1n) is 8.33. The van der Waals surface area contributed by atoms with Crippen LogP contribution in [0.25, 0.3) is 0 Å². The zero-order valence-corrected chi connectivity index (χ0v) is 15.8. The van der Waals surface area contributed by atoms with E-state index in [1.807, 2.05) is 31.5 Å². The van der Waals surface area contributed by atoms with Crippen molar-refractivity contribution in [3.63, 3.8) is 0 Å². The SMILES string of the molecule is Cc1cc(C)n(CCNC(=O)c2ccc(OCc3nsnc3C)cc2)n1. The number of hydrogen-bond donors (Lipinski definition) is 1. The van der Waals surface area contributed by atoms with Crippen molar-refractivity contribution in [1.82, 2.24) is 23.8 Å². The van der Waals surface area contributed by atoms with E-state index in [4.69, 9.17) is 4.74 Å². The quantitative estimate of drug-likeness (QED) is 0.690. The third kappa shape index (κ3) is 4.45. The third-order valence-electron chi connectivity index (χ3n) is 3.95. The fourth-order valence-electron chi connectivity index (χ4n) is 2.51. The number of hydrogen-bond acceptors (Lipinski definition) is 6. The molecule has 136 valence electrons. The molecule has 3 aromatic rings. The summed E-state index contributed by atoms with van der Waals surface area (Å²) in [5.74, 6) is 0.578. The van der Waals surface area contributed by atoms with Crippen molar-refractivity contribution < 1.29 is 9.53 Å². The zero-order chi connectivity index (χ0) is 18.5. The van der Waals surface area contributed by atoms with Crippen molar-refractivity contribution in [2.45, 2.75) is 33.9 Å². The highest BCUT2D eigenvalue weighted by Crippen LogP contribution is 2.15. The molecule has 26 heavy (non-hydrogen) atoms. The number of carbonyl (C=O) groups excluding carboxylic acids is 1. The van der Waals surface area contributed by atoms with Crippen LogP contribution in [0, 0.1) is 20.8 Å². The normalized spacial score (nSPS) is 10.7. The predicted molar refractivity (Wildman–Crippen MR) is 99.5 cm³/mol. The first kappa shape index (κ1) is 18.1. The monoisotopic (exact) mass is 371 g/mol. The zero-order valence-electron chi connectivity index (χ0n) is 15.0. The molecule has 2 heterocycles. The van der Waals surface area contributed by atoms with E-state index in [1.54, 1.807) is 24.3 Å². The van der Waals surface area contributed by atoms with E-state index in [0.29, 0.717) is 31.0 Å². The standard InChI is InChI=1S/C18H21N5O2S/c1-12-10-13(2)23(20-12)9-8-19-18(24)15-4-6-16(7-5-15)25-11-17-14(3)21-26-22-17/h4-7,10H,8-9,11H2,1-3H3,(H,19,24). The Morgan fingerprint density at radius 2 is 1.96 bits per heavy atom. The highest BCUT2D eigenvalue weighted by Gasteiger charge is 2.08. The summed E-state index contributed by atoms with van der Waals surface area (Å²) in [6.07, 6.45) is 0. The summed E-state index contributed by atoms with van der Waals surface area (Å²) < 4.78 is 15.9. The Balaban J connectivity index is 1.48. The van der Waals surface area contributed by atoms with Crippen LogP contribution in [0.15, 0.2) is 30.3 Å². The van der Waals surface area contributed by atoms with Gasteiger partial charge in [-0.1, -0.05) is 0 Å². The van der Waals surface area contributed by atoms with E-state index in [2.05, 4.69) is 19.2 Å². The molecule has 1 aromatic carbocycles. The number of nitrogens with zero attached hydrogens (tertiary/aromatic N) is 4. The Bertz CT molecular complexity index is 885. The third-order valence-corrected chi connectivity index (χ3v) is 4.61. The minimum Gasteiger partial charge on any atom is -0.487 e. The Labute approximate surface area is 156 Å². The van der Waals surface area contributed by atoms with Crippen LogP contribution in [0.3, 0.4) is 0 Å². The minimum atomic E-state index is -0.113. The minimum absolute atomic E-state index is 0.113. The van der Waals surface area contributed by atoms with Crippen molar-refractivity contribution in [2.75, 3.05) is 6.54 Å². The van der Waals surface area contributed by atoms with Gasteiger partial charge in [-0.05, 0) is 51.1 Å². The van der Waals surface area contributed by atoms with E-state index in [0.717, 1.165) is 22.8 Å². The molecule has 0 atom stereocenters. The van der Waals surface area contributed by atoms with Crippen molar-refractivity contribution in [3.8, 4) is 5.75 Å². The molecule has 0 fully saturated rings. The molecule has 0 aliphatic rings. The molecule has 0 radical (unpaired) electrons. The second-order valence-corrected chi connectivity index (χ2v) is 6.54. The molecular weight excluding hydrogens is 350 g/mol. The number of carbonyl (C=O) groups is 1. The van der Waals surface area contributed by atoms with Gasteiger partial charge < -0.3 is 10.1 Å². The molecule has 2 aromatic heterocycles. The van der Waals surface area contributed by atoms with Gasteiger partial charge in [-0.15, -0.1) is 0 Å². The summed E-state index contributed by atoms with van der Waals surface area (Å²) >= 11 is 1.18. The van der Waals surface area contributed by atoms with E-state index in [9.17, 15) is 4.79 Å². The van der Waals surface area contributed by atoms with Crippen LogP contribution in [-0.2, 0) is 13.2 Å². The number of rotatable bonds is 7. The van der Waals surface area contributed by atoms with E-state index in [1.165, 1.54) is 11.7 Å². The first-order valence-corrected chi connectivity index (χ1v) is 9.06. The van der Waals surface area contributed by atoms with Crippen LogP contribution in [-0.4, -0.2) is 31.0 Å². The van der Waals surface area contributed by atoms with Gasteiger partial charge >= 0.3 is 0 Å². The lowest BCUT2D eigenvalue weighted by Gasteiger charge is -2.08. The maximum absolute atomic E-state index is 12.2. The molecular formula is C18H21N5O2S. The summed E-state index contributed by atoms with van der Waals surface area (Å²) in [6.45, 7) is 7.41. The lowest BCUT2D eigenvalue weighted by atomic mass is 10.2. The summed E-state index contributed by atoms with van der Waals surface area (Å²) in [7, 11) is 0. The van der Waals surface area contributed by atoms with Crippen LogP contribution >= 0.6 is 11.7 Å². The van der Waals surface area contributed by atoms with Gasteiger partial charge in [0.2, 0.25) is 0 Å². The average molecular weight is 371 g/mol. The van der Waals surface area contributed by atoms with Crippen LogP contribution < -0.4 is 10.1 Å². The number of aryl methyl sites for hydroxylation is 3. The van der Waals surface area contributed by atoms with Crippen LogP contribution in [0.4, 0.5) is 0 Å². The van der Waals surface area contributed by atoms with Gasteiger partial charge in [0.05, 0.1) is 29.7 Å². The fraction of sp³-hybridized carbons (Fsp3) is 0.333. The van der Waals surface area contributed by atoms with Gasteiger partial charge in [0.15, 0.2) is 0 Å². The molecule has 0 saturated carbocycles.